The molecule has 1 aliphatic carbocycles. The first kappa shape index (κ1) is 12.4. The van der Waals surface area contributed by atoms with Crippen molar-refractivity contribution in [1.82, 2.24) is 0 Å². The minimum atomic E-state index is -0.380. The molecule has 18 heavy (non-hydrogen) atoms. The molecule has 1 saturated carbocycles. The molecule has 1 aromatic carbocycles. The number of hydrogen-bond donors (Lipinski definition) is 1. The summed E-state index contributed by atoms with van der Waals surface area (Å²) in [4.78, 5) is 1.07. The fraction of sp³-hybridized carbons (Fsp3) is 0.333. The van der Waals surface area contributed by atoms with Crippen molar-refractivity contribution in [3.63, 3.8) is 0 Å². The molecule has 1 nitrogen and oxygen atoms in total. The van der Waals surface area contributed by atoms with Crippen LogP contribution in [-0.2, 0) is 5.41 Å². The van der Waals surface area contributed by atoms with Crippen LogP contribution in [0.1, 0.15) is 34.9 Å². The van der Waals surface area contributed by atoms with Crippen LogP contribution in [-0.4, -0.2) is 5.11 Å². The van der Waals surface area contributed by atoms with Crippen molar-refractivity contribution >= 4 is 27.3 Å². The van der Waals surface area contributed by atoms with Gasteiger partial charge in [-0.15, -0.1) is 11.3 Å². The topological polar surface area (TPSA) is 20.2 Å². The van der Waals surface area contributed by atoms with Gasteiger partial charge in [-0.2, -0.15) is 0 Å². The van der Waals surface area contributed by atoms with Gasteiger partial charge in [-0.1, -0.05) is 30.3 Å². The standard InChI is InChI=1S/C15H15BrOS/c1-10-9-12(18-14(10)16)13(17)15(7-8-15)11-5-3-2-4-6-11/h2-6,9,13,17H,7-8H2,1H3. The predicted octanol–water partition coefficient (Wildman–Crippen LogP) is 4.58. The second kappa shape index (κ2) is 4.48. The number of benzene rings is 1. The zero-order chi connectivity index (χ0) is 12.8. The van der Waals surface area contributed by atoms with Crippen LogP contribution in [0, 0.1) is 6.92 Å². The number of aliphatic hydroxyl groups excluding tert-OH is 1. The quantitative estimate of drug-likeness (QED) is 0.876. The molecule has 1 unspecified atom stereocenters. The Morgan fingerprint density at radius 2 is 1.94 bits per heavy atom. The first-order valence-electron chi connectivity index (χ1n) is 6.13. The Kier molecular flexibility index (Phi) is 3.08. The Hall–Kier alpha value is -0.640. The molecule has 3 rings (SSSR count). The maximum absolute atomic E-state index is 10.7. The van der Waals surface area contributed by atoms with Crippen molar-refractivity contribution in [3.8, 4) is 0 Å². The van der Waals surface area contributed by atoms with Crippen LogP contribution in [0.3, 0.4) is 0 Å². The molecular weight excluding hydrogens is 308 g/mol. The number of thiophene rings is 1. The van der Waals surface area contributed by atoms with E-state index in [9.17, 15) is 5.11 Å². The lowest BCUT2D eigenvalue weighted by Crippen LogP contribution is -2.17. The first-order chi connectivity index (χ1) is 8.63. The van der Waals surface area contributed by atoms with Crippen molar-refractivity contribution < 1.29 is 5.11 Å². The van der Waals surface area contributed by atoms with Crippen molar-refractivity contribution in [3.05, 3.63) is 56.2 Å². The molecule has 0 amide bonds. The van der Waals surface area contributed by atoms with E-state index in [1.807, 2.05) is 6.07 Å². The Labute approximate surface area is 120 Å². The van der Waals surface area contributed by atoms with Crippen molar-refractivity contribution in [2.24, 2.45) is 0 Å². The third-order valence-corrected chi connectivity index (χ3v) is 6.00. The van der Waals surface area contributed by atoms with Crippen LogP contribution in [0.15, 0.2) is 40.2 Å². The summed E-state index contributed by atoms with van der Waals surface area (Å²) in [7, 11) is 0. The summed E-state index contributed by atoms with van der Waals surface area (Å²) in [5.41, 5.74) is 2.43. The molecule has 0 saturated heterocycles. The van der Waals surface area contributed by atoms with Crippen molar-refractivity contribution in [2.45, 2.75) is 31.3 Å². The minimum Gasteiger partial charge on any atom is -0.387 e. The maximum atomic E-state index is 10.7. The Morgan fingerprint density at radius 1 is 1.28 bits per heavy atom. The summed E-state index contributed by atoms with van der Waals surface area (Å²) in [6, 6.07) is 12.5. The van der Waals surface area contributed by atoms with Crippen LogP contribution in [0.4, 0.5) is 0 Å². The highest BCUT2D eigenvalue weighted by molar-refractivity contribution is 9.11. The normalized spacial score (nSPS) is 18.6. The molecule has 1 fully saturated rings. The minimum absolute atomic E-state index is 0.0437. The van der Waals surface area contributed by atoms with E-state index in [4.69, 9.17) is 0 Å². The van der Waals surface area contributed by atoms with Gasteiger partial charge in [-0.25, -0.2) is 0 Å². The van der Waals surface area contributed by atoms with Gasteiger partial charge < -0.3 is 5.11 Å². The number of aliphatic hydroxyl groups is 1. The highest BCUT2D eigenvalue weighted by atomic mass is 79.9. The number of hydrogen-bond acceptors (Lipinski definition) is 2. The smallest absolute Gasteiger partial charge is 0.0978 e. The molecule has 1 heterocycles. The molecule has 0 bridgehead atoms. The average molecular weight is 323 g/mol. The van der Waals surface area contributed by atoms with E-state index in [-0.39, 0.29) is 11.5 Å². The lowest BCUT2D eigenvalue weighted by molar-refractivity contribution is 0.136. The largest absolute Gasteiger partial charge is 0.387 e. The molecule has 1 aromatic heterocycles. The summed E-state index contributed by atoms with van der Waals surface area (Å²) in [5.74, 6) is 0. The van der Waals surface area contributed by atoms with Crippen LogP contribution < -0.4 is 0 Å². The number of halogens is 1. The SMILES string of the molecule is Cc1cc(C(O)C2(c3ccccc3)CC2)sc1Br. The molecule has 0 radical (unpaired) electrons. The van der Waals surface area contributed by atoms with Crippen LogP contribution in [0.25, 0.3) is 0 Å². The number of aryl methyl sites for hydroxylation is 1. The molecule has 2 aromatic rings. The molecule has 1 atom stereocenters. The molecule has 1 aliphatic rings. The van der Waals surface area contributed by atoms with E-state index in [1.54, 1.807) is 11.3 Å². The lowest BCUT2D eigenvalue weighted by Gasteiger charge is -2.21. The third kappa shape index (κ3) is 1.94. The van der Waals surface area contributed by atoms with Gasteiger partial charge >= 0.3 is 0 Å². The highest BCUT2D eigenvalue weighted by Gasteiger charge is 2.51. The lowest BCUT2D eigenvalue weighted by atomic mass is 9.89. The average Bonchev–Trinajstić information content (AvgIpc) is 3.13. The molecular formula is C15H15BrOS. The van der Waals surface area contributed by atoms with E-state index in [0.29, 0.717) is 0 Å². The van der Waals surface area contributed by atoms with Crippen molar-refractivity contribution in [1.29, 1.82) is 0 Å². The summed E-state index contributed by atoms with van der Waals surface area (Å²) in [6.45, 7) is 2.07. The van der Waals surface area contributed by atoms with Gasteiger partial charge in [0.05, 0.1) is 9.89 Å². The van der Waals surface area contributed by atoms with Crippen LogP contribution in [0.5, 0.6) is 0 Å². The zero-order valence-electron chi connectivity index (χ0n) is 10.2. The Morgan fingerprint density at radius 3 is 2.44 bits per heavy atom. The van der Waals surface area contributed by atoms with Gasteiger partial charge in [0, 0.05) is 10.3 Å². The van der Waals surface area contributed by atoms with Crippen LogP contribution in [0.2, 0.25) is 0 Å². The first-order valence-corrected chi connectivity index (χ1v) is 7.74. The van der Waals surface area contributed by atoms with Gasteiger partial charge in [0.25, 0.3) is 0 Å². The number of rotatable bonds is 3. The summed E-state index contributed by atoms with van der Waals surface area (Å²) < 4.78 is 1.13. The van der Waals surface area contributed by atoms with Crippen molar-refractivity contribution in [2.75, 3.05) is 0 Å². The van der Waals surface area contributed by atoms with Gasteiger partial charge in [0.15, 0.2) is 0 Å². The van der Waals surface area contributed by atoms with Gasteiger partial charge in [0.1, 0.15) is 0 Å². The highest BCUT2D eigenvalue weighted by Crippen LogP contribution is 2.57. The van der Waals surface area contributed by atoms with E-state index in [2.05, 4.69) is 53.2 Å². The Balaban J connectivity index is 1.95. The van der Waals surface area contributed by atoms with E-state index in [1.165, 1.54) is 11.1 Å². The molecule has 3 heteroatoms. The van der Waals surface area contributed by atoms with Gasteiger partial charge in [-0.05, 0) is 52.9 Å². The summed E-state index contributed by atoms with van der Waals surface area (Å²) >= 11 is 5.19. The van der Waals surface area contributed by atoms with Gasteiger partial charge in [0.2, 0.25) is 0 Å². The molecule has 1 N–H and O–H groups in total. The van der Waals surface area contributed by atoms with Crippen LogP contribution >= 0.6 is 27.3 Å². The molecule has 94 valence electrons. The zero-order valence-corrected chi connectivity index (χ0v) is 12.6. The monoisotopic (exact) mass is 322 g/mol. The predicted molar refractivity (Wildman–Crippen MR) is 79.1 cm³/mol. The second-order valence-electron chi connectivity index (χ2n) is 5.03. The molecule has 0 spiro atoms. The summed E-state index contributed by atoms with van der Waals surface area (Å²) in [5, 5.41) is 10.7. The van der Waals surface area contributed by atoms with E-state index in [0.717, 1.165) is 21.5 Å². The summed E-state index contributed by atoms with van der Waals surface area (Å²) in [6.07, 6.45) is 1.77. The fourth-order valence-corrected chi connectivity index (χ4v) is 4.19. The molecule has 0 aliphatic heterocycles. The van der Waals surface area contributed by atoms with E-state index < -0.39 is 0 Å². The van der Waals surface area contributed by atoms with Gasteiger partial charge in [-0.3, -0.25) is 0 Å². The van der Waals surface area contributed by atoms with E-state index >= 15 is 0 Å². The Bertz CT molecular complexity index is 538. The second-order valence-corrected chi connectivity index (χ2v) is 7.43. The maximum Gasteiger partial charge on any atom is 0.0978 e. The fourth-order valence-electron chi connectivity index (χ4n) is 2.52. The third-order valence-electron chi connectivity index (χ3n) is 3.81.